The predicted molar refractivity (Wildman–Crippen MR) is 96.7 cm³/mol. The van der Waals surface area contributed by atoms with Crippen molar-refractivity contribution < 1.29 is 12.8 Å². The lowest BCUT2D eigenvalue weighted by Crippen LogP contribution is -2.16. The van der Waals surface area contributed by atoms with Crippen molar-refractivity contribution in [1.29, 1.82) is 0 Å². The molecule has 0 saturated carbocycles. The van der Waals surface area contributed by atoms with Crippen LogP contribution in [0, 0.1) is 13.5 Å². The minimum Gasteiger partial charge on any atom is -0.444 e. The van der Waals surface area contributed by atoms with Crippen molar-refractivity contribution in [2.75, 3.05) is 4.72 Å². The maximum absolute atomic E-state index is 12.8. The van der Waals surface area contributed by atoms with Crippen molar-refractivity contribution in [3.63, 3.8) is 0 Å². The highest BCUT2D eigenvalue weighted by Crippen LogP contribution is 2.28. The highest BCUT2D eigenvalue weighted by molar-refractivity contribution is 7.92. The first-order valence-electron chi connectivity index (χ1n) is 7.72. The SMILES string of the molecule is [C-]#[N+]c1cnc2cc(C)nn2c1NS(=O)(=O)c1ccc(-c2cnco2)cc1. The number of rotatable bonds is 4. The van der Waals surface area contributed by atoms with E-state index < -0.39 is 10.0 Å². The van der Waals surface area contributed by atoms with Gasteiger partial charge < -0.3 is 4.42 Å². The van der Waals surface area contributed by atoms with Gasteiger partial charge in [-0.3, -0.25) is 4.72 Å². The topological polar surface area (TPSA) is 107 Å². The molecule has 0 radical (unpaired) electrons. The van der Waals surface area contributed by atoms with Gasteiger partial charge in [0.05, 0.1) is 23.4 Å². The molecule has 0 atom stereocenters. The monoisotopic (exact) mass is 380 g/mol. The summed E-state index contributed by atoms with van der Waals surface area (Å²) in [4.78, 5) is 11.3. The number of nitrogens with one attached hydrogen (secondary N) is 1. The van der Waals surface area contributed by atoms with Crippen LogP contribution in [0.1, 0.15) is 5.69 Å². The lowest BCUT2D eigenvalue weighted by Gasteiger charge is -2.11. The van der Waals surface area contributed by atoms with Crippen LogP contribution in [0.3, 0.4) is 0 Å². The largest absolute Gasteiger partial charge is 0.444 e. The highest BCUT2D eigenvalue weighted by atomic mass is 32.2. The average molecular weight is 380 g/mol. The van der Waals surface area contributed by atoms with E-state index in [0.717, 1.165) is 0 Å². The summed E-state index contributed by atoms with van der Waals surface area (Å²) in [6.45, 7) is 9.04. The quantitative estimate of drug-likeness (QED) is 0.545. The summed E-state index contributed by atoms with van der Waals surface area (Å²) < 4.78 is 34.6. The number of oxazole rings is 1. The molecule has 1 aromatic carbocycles. The molecule has 4 aromatic rings. The number of anilines is 1. The molecule has 0 aliphatic carbocycles. The maximum Gasteiger partial charge on any atom is 0.262 e. The van der Waals surface area contributed by atoms with Crippen LogP contribution < -0.4 is 4.72 Å². The molecule has 4 rings (SSSR count). The van der Waals surface area contributed by atoms with Crippen LogP contribution in [0.4, 0.5) is 11.5 Å². The summed E-state index contributed by atoms with van der Waals surface area (Å²) in [6, 6.07) is 7.82. The first-order valence-corrected chi connectivity index (χ1v) is 9.21. The van der Waals surface area contributed by atoms with E-state index in [4.69, 9.17) is 11.0 Å². The fourth-order valence-electron chi connectivity index (χ4n) is 2.56. The minimum absolute atomic E-state index is 0.0375. The molecule has 3 heterocycles. The Labute approximate surface area is 154 Å². The standard InChI is InChI=1S/C17H12N6O3S/c1-11-7-16-20-8-14(18-2)17(23(16)21-11)22-27(24,25)13-5-3-12(4-6-13)15-9-19-10-26-15/h3-10,22H,1H3. The van der Waals surface area contributed by atoms with E-state index in [0.29, 0.717) is 22.7 Å². The summed E-state index contributed by atoms with van der Waals surface area (Å²) >= 11 is 0. The maximum atomic E-state index is 12.8. The molecule has 0 bridgehead atoms. The van der Waals surface area contributed by atoms with Crippen LogP contribution in [0.2, 0.25) is 0 Å². The zero-order chi connectivity index (χ0) is 19.0. The zero-order valence-electron chi connectivity index (χ0n) is 14.0. The number of aromatic nitrogens is 4. The van der Waals surface area contributed by atoms with Crippen molar-refractivity contribution in [1.82, 2.24) is 19.6 Å². The fraction of sp³-hybridized carbons (Fsp3) is 0.0588. The Morgan fingerprint density at radius 2 is 2.00 bits per heavy atom. The van der Waals surface area contributed by atoms with Gasteiger partial charge in [-0.25, -0.2) is 27.7 Å². The van der Waals surface area contributed by atoms with Crippen molar-refractivity contribution in [2.45, 2.75) is 11.8 Å². The minimum atomic E-state index is -3.94. The van der Waals surface area contributed by atoms with E-state index in [1.165, 1.54) is 35.4 Å². The van der Waals surface area contributed by atoms with Crippen LogP contribution in [0.25, 0.3) is 21.8 Å². The van der Waals surface area contributed by atoms with E-state index in [9.17, 15) is 8.42 Å². The van der Waals surface area contributed by atoms with Crippen molar-refractivity contribution in [2.24, 2.45) is 0 Å². The molecule has 0 spiro atoms. The Hall–Kier alpha value is -3.71. The van der Waals surface area contributed by atoms with Gasteiger partial charge >= 0.3 is 0 Å². The fourth-order valence-corrected chi connectivity index (χ4v) is 3.62. The Morgan fingerprint density at radius 3 is 2.67 bits per heavy atom. The van der Waals surface area contributed by atoms with E-state index >= 15 is 0 Å². The molecular formula is C17H12N6O3S. The van der Waals surface area contributed by atoms with Crippen molar-refractivity contribution in [3.05, 3.63) is 66.2 Å². The van der Waals surface area contributed by atoms with Crippen LogP contribution in [-0.2, 0) is 10.0 Å². The number of aryl methyl sites for hydroxylation is 1. The van der Waals surface area contributed by atoms with Crippen LogP contribution >= 0.6 is 0 Å². The van der Waals surface area contributed by atoms with Crippen LogP contribution in [-0.4, -0.2) is 28.0 Å². The molecule has 0 amide bonds. The Morgan fingerprint density at radius 1 is 1.22 bits per heavy atom. The highest BCUT2D eigenvalue weighted by Gasteiger charge is 2.20. The first-order chi connectivity index (χ1) is 13.0. The van der Waals surface area contributed by atoms with E-state index in [-0.39, 0.29) is 16.4 Å². The third-order valence-corrected chi connectivity index (χ3v) is 5.17. The van der Waals surface area contributed by atoms with E-state index in [2.05, 4.69) is 24.6 Å². The second kappa shape index (κ2) is 6.22. The van der Waals surface area contributed by atoms with Gasteiger partial charge in [0.1, 0.15) is 0 Å². The molecule has 0 fully saturated rings. The molecule has 134 valence electrons. The normalized spacial score (nSPS) is 11.4. The number of benzene rings is 1. The lowest BCUT2D eigenvalue weighted by molar-refractivity contribution is 0.572. The molecule has 27 heavy (non-hydrogen) atoms. The van der Waals surface area contributed by atoms with Gasteiger partial charge in [-0.2, -0.15) is 5.10 Å². The Kier molecular flexibility index (Phi) is 3.86. The smallest absolute Gasteiger partial charge is 0.262 e. The molecule has 1 N–H and O–H groups in total. The second-order valence-electron chi connectivity index (χ2n) is 5.66. The summed E-state index contributed by atoms with van der Waals surface area (Å²) in [5.74, 6) is 0.576. The summed E-state index contributed by atoms with van der Waals surface area (Å²) in [6.07, 6.45) is 4.15. The molecule has 0 aliphatic rings. The summed E-state index contributed by atoms with van der Waals surface area (Å²) in [7, 11) is -3.94. The molecule has 0 unspecified atom stereocenters. The number of hydrogen-bond acceptors (Lipinski definition) is 6. The molecule has 0 aliphatic heterocycles. The number of sulfonamides is 1. The van der Waals surface area contributed by atoms with Crippen molar-refractivity contribution >= 4 is 27.2 Å². The Bertz CT molecular complexity index is 1270. The number of fused-ring (bicyclic) bond motifs is 1. The molecule has 9 nitrogen and oxygen atoms in total. The molecule has 3 aromatic heterocycles. The van der Waals surface area contributed by atoms with E-state index in [1.54, 1.807) is 25.1 Å². The third kappa shape index (κ3) is 3.00. The number of hydrogen-bond donors (Lipinski definition) is 1. The second-order valence-corrected chi connectivity index (χ2v) is 7.34. The van der Waals surface area contributed by atoms with Gasteiger partial charge in [0.15, 0.2) is 23.6 Å². The zero-order valence-corrected chi connectivity index (χ0v) is 14.8. The van der Waals surface area contributed by atoms with Gasteiger partial charge in [-0.15, -0.1) is 0 Å². The summed E-state index contributed by atoms with van der Waals surface area (Å²) in [5, 5.41) is 4.21. The van der Waals surface area contributed by atoms with Crippen LogP contribution in [0.15, 0.2) is 58.4 Å². The summed E-state index contributed by atoms with van der Waals surface area (Å²) in [5.41, 5.74) is 1.84. The van der Waals surface area contributed by atoms with Gasteiger partial charge in [0, 0.05) is 17.8 Å². The predicted octanol–water partition coefficient (Wildman–Crippen LogP) is 3.04. The van der Waals surface area contributed by atoms with Gasteiger partial charge in [-0.05, 0) is 31.2 Å². The first kappa shape index (κ1) is 16.7. The van der Waals surface area contributed by atoms with Gasteiger partial charge in [0.25, 0.3) is 10.0 Å². The Balaban J connectivity index is 1.74. The van der Waals surface area contributed by atoms with Crippen LogP contribution in [0.5, 0.6) is 0 Å². The molecule has 0 saturated heterocycles. The number of nitrogens with zero attached hydrogens (tertiary/aromatic N) is 5. The third-order valence-electron chi connectivity index (χ3n) is 3.82. The molecule has 10 heteroatoms. The van der Waals surface area contributed by atoms with Gasteiger partial charge in [0.2, 0.25) is 5.69 Å². The average Bonchev–Trinajstić information content (AvgIpc) is 3.31. The molecular weight excluding hydrogens is 368 g/mol. The van der Waals surface area contributed by atoms with E-state index in [1.807, 2.05) is 0 Å². The van der Waals surface area contributed by atoms with Gasteiger partial charge in [-0.1, -0.05) is 0 Å². The lowest BCUT2D eigenvalue weighted by atomic mass is 10.2. The van der Waals surface area contributed by atoms with Crippen molar-refractivity contribution in [3.8, 4) is 11.3 Å².